The summed E-state index contributed by atoms with van der Waals surface area (Å²) in [6, 6.07) is 8.82. The van der Waals surface area contributed by atoms with Gasteiger partial charge < -0.3 is 5.32 Å². The number of rotatable bonds is 6. The molecule has 0 saturated heterocycles. The highest BCUT2D eigenvalue weighted by Gasteiger charge is 2.24. The van der Waals surface area contributed by atoms with E-state index >= 15 is 0 Å². The zero-order chi connectivity index (χ0) is 15.5. The predicted molar refractivity (Wildman–Crippen MR) is 90.8 cm³/mol. The van der Waals surface area contributed by atoms with Gasteiger partial charge in [0.05, 0.1) is 11.2 Å². The summed E-state index contributed by atoms with van der Waals surface area (Å²) in [6.45, 7) is 10.6. The molecule has 1 N–H and O–H groups in total. The van der Waals surface area contributed by atoms with E-state index in [2.05, 4.69) is 62.0 Å². The summed E-state index contributed by atoms with van der Waals surface area (Å²) >= 11 is 5.95. The van der Waals surface area contributed by atoms with E-state index in [0.717, 1.165) is 25.2 Å². The third-order valence-corrected chi connectivity index (χ3v) is 4.21. The molecule has 0 spiro atoms. The molecule has 0 radical (unpaired) electrons. The molecule has 1 unspecified atom stereocenters. The molecule has 0 saturated carbocycles. The number of hydrogen-bond acceptors (Lipinski definition) is 2. The Morgan fingerprint density at radius 2 is 2.00 bits per heavy atom. The van der Waals surface area contributed by atoms with Gasteiger partial charge in [0.25, 0.3) is 0 Å². The normalized spacial score (nSPS) is 13.8. The van der Waals surface area contributed by atoms with Gasteiger partial charge in [-0.2, -0.15) is 5.10 Å². The van der Waals surface area contributed by atoms with Crippen molar-refractivity contribution >= 4 is 22.5 Å². The smallest absolute Gasteiger partial charge is 0.0841 e. The molecule has 0 fully saturated rings. The van der Waals surface area contributed by atoms with Crippen molar-refractivity contribution in [3.8, 4) is 0 Å². The van der Waals surface area contributed by atoms with E-state index in [1.165, 1.54) is 10.9 Å². The van der Waals surface area contributed by atoms with Gasteiger partial charge in [-0.25, -0.2) is 0 Å². The van der Waals surface area contributed by atoms with Gasteiger partial charge in [0.1, 0.15) is 0 Å². The number of alkyl halides is 1. The maximum absolute atomic E-state index is 5.95. The fourth-order valence-electron chi connectivity index (χ4n) is 2.74. The van der Waals surface area contributed by atoms with Gasteiger partial charge >= 0.3 is 0 Å². The monoisotopic (exact) mass is 307 g/mol. The van der Waals surface area contributed by atoms with Gasteiger partial charge in [-0.15, -0.1) is 11.6 Å². The highest BCUT2D eigenvalue weighted by atomic mass is 35.5. The lowest BCUT2D eigenvalue weighted by Crippen LogP contribution is -2.40. The highest BCUT2D eigenvalue weighted by Crippen LogP contribution is 2.24. The third-order valence-electron chi connectivity index (χ3n) is 3.99. The average Bonchev–Trinajstić information content (AvgIpc) is 2.80. The predicted octanol–water partition coefficient (Wildman–Crippen LogP) is 4.19. The summed E-state index contributed by atoms with van der Waals surface area (Å²) in [5.41, 5.74) is 2.52. The fourth-order valence-corrected chi connectivity index (χ4v) is 2.96. The van der Waals surface area contributed by atoms with E-state index in [-0.39, 0.29) is 5.41 Å². The molecule has 1 heterocycles. The van der Waals surface area contributed by atoms with Crippen molar-refractivity contribution in [2.45, 2.75) is 53.2 Å². The molecule has 0 amide bonds. The molecule has 1 aromatic heterocycles. The Morgan fingerprint density at radius 3 is 2.62 bits per heavy atom. The molecule has 1 aromatic carbocycles. The van der Waals surface area contributed by atoms with Crippen LogP contribution in [0.1, 0.15) is 39.8 Å². The molecule has 0 aliphatic heterocycles. The first-order valence-corrected chi connectivity index (χ1v) is 8.24. The number of aromatic nitrogens is 2. The van der Waals surface area contributed by atoms with Gasteiger partial charge in [0.15, 0.2) is 0 Å². The minimum Gasteiger partial charge on any atom is -0.308 e. The van der Waals surface area contributed by atoms with Gasteiger partial charge in [-0.3, -0.25) is 4.68 Å². The lowest BCUT2D eigenvalue weighted by atomic mass is 9.85. The SMILES string of the molecule is CCn1nc(CNC(CCCl)C(C)(C)C)c2ccccc21. The van der Waals surface area contributed by atoms with Crippen molar-refractivity contribution < 1.29 is 0 Å². The van der Waals surface area contributed by atoms with E-state index in [9.17, 15) is 0 Å². The minimum atomic E-state index is 0.192. The topological polar surface area (TPSA) is 29.9 Å². The molecule has 0 bridgehead atoms. The Kier molecular flexibility index (Phi) is 5.28. The number of halogens is 1. The first-order valence-electron chi connectivity index (χ1n) is 7.71. The lowest BCUT2D eigenvalue weighted by molar-refractivity contribution is 0.260. The van der Waals surface area contributed by atoms with Crippen LogP contribution in [0.15, 0.2) is 24.3 Å². The van der Waals surface area contributed by atoms with E-state index in [0.29, 0.717) is 11.9 Å². The van der Waals surface area contributed by atoms with Crippen LogP contribution in [0.2, 0.25) is 0 Å². The summed E-state index contributed by atoms with van der Waals surface area (Å²) in [7, 11) is 0. The van der Waals surface area contributed by atoms with Crippen molar-refractivity contribution in [2.24, 2.45) is 5.41 Å². The van der Waals surface area contributed by atoms with Crippen LogP contribution in [0.3, 0.4) is 0 Å². The molecule has 2 aromatic rings. The summed E-state index contributed by atoms with van der Waals surface area (Å²) in [5, 5.41) is 9.63. The maximum atomic E-state index is 5.95. The first-order chi connectivity index (χ1) is 9.97. The van der Waals surface area contributed by atoms with Crippen LogP contribution in [-0.4, -0.2) is 21.7 Å². The van der Waals surface area contributed by atoms with Crippen LogP contribution in [0.4, 0.5) is 0 Å². The zero-order valence-corrected chi connectivity index (χ0v) is 14.2. The summed E-state index contributed by atoms with van der Waals surface area (Å²) < 4.78 is 2.07. The summed E-state index contributed by atoms with van der Waals surface area (Å²) in [5.74, 6) is 0.680. The third kappa shape index (κ3) is 3.78. The van der Waals surface area contributed by atoms with Gasteiger partial charge in [-0.1, -0.05) is 39.0 Å². The molecule has 0 aliphatic carbocycles. The average molecular weight is 308 g/mol. The Bertz CT molecular complexity index is 583. The van der Waals surface area contributed by atoms with Crippen molar-refractivity contribution in [1.82, 2.24) is 15.1 Å². The van der Waals surface area contributed by atoms with Crippen LogP contribution in [0, 0.1) is 5.41 Å². The van der Waals surface area contributed by atoms with Crippen LogP contribution in [0.25, 0.3) is 10.9 Å². The second-order valence-electron chi connectivity index (χ2n) is 6.56. The molecule has 116 valence electrons. The van der Waals surface area contributed by atoms with Crippen molar-refractivity contribution in [2.75, 3.05) is 5.88 Å². The molecule has 4 heteroatoms. The molecule has 0 aliphatic rings. The summed E-state index contributed by atoms with van der Waals surface area (Å²) in [4.78, 5) is 0. The number of para-hydroxylation sites is 1. The van der Waals surface area contributed by atoms with Crippen LogP contribution >= 0.6 is 11.6 Å². The Balaban J connectivity index is 2.20. The van der Waals surface area contributed by atoms with Gasteiger partial charge in [0, 0.05) is 30.4 Å². The Hall–Kier alpha value is -1.06. The van der Waals surface area contributed by atoms with Crippen LogP contribution in [0.5, 0.6) is 0 Å². The van der Waals surface area contributed by atoms with Crippen LogP contribution in [-0.2, 0) is 13.1 Å². The maximum Gasteiger partial charge on any atom is 0.0841 e. The lowest BCUT2D eigenvalue weighted by Gasteiger charge is -2.31. The van der Waals surface area contributed by atoms with Crippen molar-refractivity contribution in [1.29, 1.82) is 0 Å². The number of nitrogens with one attached hydrogen (secondary N) is 1. The largest absolute Gasteiger partial charge is 0.308 e. The quantitative estimate of drug-likeness (QED) is 0.811. The second kappa shape index (κ2) is 6.80. The van der Waals surface area contributed by atoms with Gasteiger partial charge in [-0.05, 0) is 24.8 Å². The standard InChI is InChI=1S/C17H26ClN3/c1-5-21-15-9-7-6-8-13(15)14(20-21)12-19-16(10-11-18)17(2,3)4/h6-9,16,19H,5,10-12H2,1-4H3. The van der Waals surface area contributed by atoms with Crippen molar-refractivity contribution in [3.05, 3.63) is 30.0 Å². The fraction of sp³-hybridized carbons (Fsp3) is 0.588. The van der Waals surface area contributed by atoms with E-state index in [1.54, 1.807) is 0 Å². The first kappa shape index (κ1) is 16.3. The minimum absolute atomic E-state index is 0.192. The number of benzene rings is 1. The molecule has 1 atom stereocenters. The number of nitrogens with zero attached hydrogens (tertiary/aromatic N) is 2. The molecular formula is C17H26ClN3. The van der Waals surface area contributed by atoms with E-state index in [1.807, 2.05) is 0 Å². The Morgan fingerprint density at radius 1 is 1.29 bits per heavy atom. The number of aryl methyl sites for hydroxylation is 1. The molecule has 21 heavy (non-hydrogen) atoms. The van der Waals surface area contributed by atoms with E-state index in [4.69, 9.17) is 16.7 Å². The zero-order valence-electron chi connectivity index (χ0n) is 13.5. The Labute approximate surface area is 132 Å². The summed E-state index contributed by atoms with van der Waals surface area (Å²) in [6.07, 6.45) is 0.970. The van der Waals surface area contributed by atoms with E-state index < -0.39 is 0 Å². The molecular weight excluding hydrogens is 282 g/mol. The molecule has 2 rings (SSSR count). The van der Waals surface area contributed by atoms with Crippen molar-refractivity contribution in [3.63, 3.8) is 0 Å². The number of fused-ring (bicyclic) bond motifs is 1. The second-order valence-corrected chi connectivity index (χ2v) is 6.93. The van der Waals surface area contributed by atoms with Gasteiger partial charge in [0.2, 0.25) is 0 Å². The number of hydrogen-bond donors (Lipinski definition) is 1. The highest BCUT2D eigenvalue weighted by molar-refractivity contribution is 6.17. The molecule has 3 nitrogen and oxygen atoms in total. The van der Waals surface area contributed by atoms with Crippen LogP contribution < -0.4 is 5.32 Å².